The van der Waals surface area contributed by atoms with Crippen molar-refractivity contribution in [1.82, 2.24) is 15.0 Å². The summed E-state index contributed by atoms with van der Waals surface area (Å²) in [4.78, 5) is 14.3. The molecule has 0 saturated heterocycles. The molecule has 0 unspecified atom stereocenters. The number of halogens is 1. The first-order valence-corrected chi connectivity index (χ1v) is 7.99. The second-order valence-electron chi connectivity index (χ2n) is 5.53. The minimum Gasteiger partial charge on any atom is -0.345 e. The number of pyridine rings is 2. The lowest BCUT2D eigenvalue weighted by molar-refractivity contribution is 1.13. The Hall–Kier alpha value is -2.85. The lowest BCUT2D eigenvalue weighted by Crippen LogP contribution is -2.11. The first kappa shape index (κ1) is 14.7. The van der Waals surface area contributed by atoms with Crippen molar-refractivity contribution in [2.45, 2.75) is 0 Å². The van der Waals surface area contributed by atoms with Gasteiger partial charge in [0.15, 0.2) is 0 Å². The number of H-pyrrole nitrogens is 1. The predicted molar refractivity (Wildman–Crippen MR) is 98.8 cm³/mol. The Morgan fingerprint density at radius 3 is 2.71 bits per heavy atom. The number of para-hydroxylation sites is 1. The Morgan fingerprint density at radius 1 is 1.04 bits per heavy atom. The van der Waals surface area contributed by atoms with E-state index in [9.17, 15) is 0 Å². The van der Waals surface area contributed by atoms with Crippen LogP contribution in [0.1, 0.15) is 0 Å². The highest BCUT2D eigenvalue weighted by Crippen LogP contribution is 2.30. The summed E-state index contributed by atoms with van der Waals surface area (Å²) in [7, 11) is 2.01. The van der Waals surface area contributed by atoms with Gasteiger partial charge < -0.3 is 9.88 Å². The highest BCUT2D eigenvalue weighted by atomic mass is 35.5. The monoisotopic (exact) mass is 334 g/mol. The van der Waals surface area contributed by atoms with E-state index in [4.69, 9.17) is 16.6 Å². The van der Waals surface area contributed by atoms with Crippen LogP contribution in [0.25, 0.3) is 22.3 Å². The fourth-order valence-electron chi connectivity index (χ4n) is 2.73. The molecule has 0 atom stereocenters. The molecule has 0 aliphatic rings. The number of aromatic amines is 1. The summed E-state index contributed by atoms with van der Waals surface area (Å²) >= 11 is 6.09. The third-order valence-electron chi connectivity index (χ3n) is 4.00. The molecule has 0 aliphatic carbocycles. The van der Waals surface area contributed by atoms with Gasteiger partial charge >= 0.3 is 0 Å². The standard InChI is InChI=1S/C19H15ClN4/c1-24(14-6-3-2-4-7-14)18-9-5-8-17(23-18)16-12-22-19-15(16)10-13(20)11-21-19/h2-12H,1H3,(H,21,22). The van der Waals surface area contributed by atoms with E-state index in [1.165, 1.54) is 0 Å². The van der Waals surface area contributed by atoms with Crippen LogP contribution in [0, 0.1) is 0 Å². The molecule has 118 valence electrons. The molecule has 0 aliphatic heterocycles. The van der Waals surface area contributed by atoms with Crippen LogP contribution in [0.15, 0.2) is 67.0 Å². The van der Waals surface area contributed by atoms with E-state index in [0.29, 0.717) is 5.02 Å². The van der Waals surface area contributed by atoms with Gasteiger partial charge in [0.25, 0.3) is 0 Å². The van der Waals surface area contributed by atoms with Gasteiger partial charge in [-0.2, -0.15) is 0 Å². The van der Waals surface area contributed by atoms with Gasteiger partial charge in [-0.15, -0.1) is 0 Å². The number of fused-ring (bicyclic) bond motifs is 1. The average Bonchev–Trinajstić information content (AvgIpc) is 3.05. The molecule has 4 rings (SSSR count). The van der Waals surface area contributed by atoms with Crippen LogP contribution < -0.4 is 4.90 Å². The first-order valence-electron chi connectivity index (χ1n) is 7.61. The Balaban J connectivity index is 1.78. The van der Waals surface area contributed by atoms with E-state index >= 15 is 0 Å². The van der Waals surface area contributed by atoms with Crippen LogP contribution >= 0.6 is 11.6 Å². The Labute approximate surface area is 144 Å². The van der Waals surface area contributed by atoms with Crippen molar-refractivity contribution >= 4 is 34.1 Å². The Morgan fingerprint density at radius 2 is 1.88 bits per heavy atom. The van der Waals surface area contributed by atoms with Gasteiger partial charge in [-0.05, 0) is 30.3 Å². The summed E-state index contributed by atoms with van der Waals surface area (Å²) in [5.41, 5.74) is 3.76. The number of nitrogens with one attached hydrogen (secondary N) is 1. The van der Waals surface area contributed by atoms with Gasteiger partial charge in [0.05, 0.1) is 10.7 Å². The van der Waals surface area contributed by atoms with Crippen LogP contribution in [-0.2, 0) is 0 Å². The molecule has 4 aromatic rings. The van der Waals surface area contributed by atoms with E-state index in [0.717, 1.165) is 33.8 Å². The average molecular weight is 335 g/mol. The van der Waals surface area contributed by atoms with E-state index < -0.39 is 0 Å². The van der Waals surface area contributed by atoms with Crippen LogP contribution in [0.4, 0.5) is 11.5 Å². The molecule has 24 heavy (non-hydrogen) atoms. The molecule has 0 spiro atoms. The fourth-order valence-corrected chi connectivity index (χ4v) is 2.89. The van der Waals surface area contributed by atoms with Gasteiger partial charge in [0.2, 0.25) is 0 Å². The van der Waals surface area contributed by atoms with Gasteiger partial charge in [0, 0.05) is 36.1 Å². The van der Waals surface area contributed by atoms with Crippen LogP contribution in [-0.4, -0.2) is 22.0 Å². The highest BCUT2D eigenvalue weighted by molar-refractivity contribution is 6.31. The van der Waals surface area contributed by atoms with Crippen LogP contribution in [0.3, 0.4) is 0 Å². The maximum absolute atomic E-state index is 6.09. The smallest absolute Gasteiger partial charge is 0.138 e. The largest absolute Gasteiger partial charge is 0.345 e. The number of hydrogen-bond donors (Lipinski definition) is 1. The molecule has 0 saturated carbocycles. The van der Waals surface area contributed by atoms with Crippen molar-refractivity contribution in [3.05, 3.63) is 72.0 Å². The van der Waals surface area contributed by atoms with Crippen LogP contribution in [0.5, 0.6) is 0 Å². The summed E-state index contributed by atoms with van der Waals surface area (Å²) in [5, 5.41) is 1.58. The van der Waals surface area contributed by atoms with Crippen molar-refractivity contribution in [3.8, 4) is 11.3 Å². The van der Waals surface area contributed by atoms with Crippen molar-refractivity contribution in [2.24, 2.45) is 0 Å². The minimum absolute atomic E-state index is 0.612. The lowest BCUT2D eigenvalue weighted by atomic mass is 10.1. The van der Waals surface area contributed by atoms with Crippen molar-refractivity contribution in [2.75, 3.05) is 11.9 Å². The molecule has 1 aromatic carbocycles. The SMILES string of the molecule is CN(c1ccccc1)c1cccc(-c2c[nH]c3ncc(Cl)cc23)n1. The summed E-state index contributed by atoms with van der Waals surface area (Å²) in [5.74, 6) is 0.878. The van der Waals surface area contributed by atoms with E-state index in [2.05, 4.69) is 27.0 Å². The minimum atomic E-state index is 0.612. The van der Waals surface area contributed by atoms with Crippen LogP contribution in [0.2, 0.25) is 5.02 Å². The number of nitrogens with zero attached hydrogens (tertiary/aromatic N) is 3. The zero-order valence-corrected chi connectivity index (χ0v) is 13.8. The zero-order valence-electron chi connectivity index (χ0n) is 13.1. The lowest BCUT2D eigenvalue weighted by Gasteiger charge is -2.18. The van der Waals surface area contributed by atoms with Crippen molar-refractivity contribution in [3.63, 3.8) is 0 Å². The molecule has 3 aromatic heterocycles. The molecule has 0 radical (unpaired) electrons. The summed E-state index contributed by atoms with van der Waals surface area (Å²) in [6.07, 6.45) is 3.56. The molecule has 0 amide bonds. The Bertz CT molecular complexity index is 995. The van der Waals surface area contributed by atoms with Crippen molar-refractivity contribution in [1.29, 1.82) is 0 Å². The van der Waals surface area contributed by atoms with Gasteiger partial charge in [-0.3, -0.25) is 0 Å². The maximum Gasteiger partial charge on any atom is 0.138 e. The summed E-state index contributed by atoms with van der Waals surface area (Å²) in [6, 6.07) is 18.1. The number of benzene rings is 1. The second-order valence-corrected chi connectivity index (χ2v) is 5.96. The summed E-state index contributed by atoms with van der Waals surface area (Å²) < 4.78 is 0. The third-order valence-corrected chi connectivity index (χ3v) is 4.20. The quantitative estimate of drug-likeness (QED) is 0.570. The fraction of sp³-hybridized carbons (Fsp3) is 0.0526. The topological polar surface area (TPSA) is 44.8 Å². The molecular weight excluding hydrogens is 320 g/mol. The molecule has 1 N–H and O–H groups in total. The van der Waals surface area contributed by atoms with Gasteiger partial charge in [0.1, 0.15) is 11.5 Å². The maximum atomic E-state index is 6.09. The molecule has 0 fully saturated rings. The number of hydrogen-bond acceptors (Lipinski definition) is 3. The van der Waals surface area contributed by atoms with E-state index in [1.54, 1.807) is 6.20 Å². The predicted octanol–water partition coefficient (Wildman–Crippen LogP) is 5.05. The summed E-state index contributed by atoms with van der Waals surface area (Å²) in [6.45, 7) is 0. The van der Waals surface area contributed by atoms with E-state index in [-0.39, 0.29) is 0 Å². The molecule has 0 bridgehead atoms. The van der Waals surface area contributed by atoms with Gasteiger partial charge in [-0.25, -0.2) is 9.97 Å². The normalized spacial score (nSPS) is 10.9. The van der Waals surface area contributed by atoms with Crippen molar-refractivity contribution < 1.29 is 0 Å². The first-order chi connectivity index (χ1) is 11.7. The number of anilines is 2. The Kier molecular flexibility index (Phi) is 3.67. The second kappa shape index (κ2) is 5.98. The highest BCUT2D eigenvalue weighted by Gasteiger charge is 2.11. The molecular formula is C19H15ClN4. The molecule has 3 heterocycles. The zero-order chi connectivity index (χ0) is 16.5. The third kappa shape index (κ3) is 2.61. The molecule has 5 heteroatoms. The van der Waals surface area contributed by atoms with E-state index in [1.807, 2.05) is 55.7 Å². The van der Waals surface area contributed by atoms with Gasteiger partial charge in [-0.1, -0.05) is 35.9 Å². The number of aromatic nitrogens is 3. The number of rotatable bonds is 3. The molecule has 4 nitrogen and oxygen atoms in total.